The Kier molecular flexibility index (Phi) is 4.55. The van der Waals surface area contributed by atoms with Crippen LogP contribution in [0.25, 0.3) is 22.5 Å². The molecule has 0 amide bonds. The van der Waals surface area contributed by atoms with Crippen LogP contribution in [-0.4, -0.2) is 39.6 Å². The van der Waals surface area contributed by atoms with Gasteiger partial charge in [-0.1, -0.05) is 18.2 Å². The second-order valence-electron chi connectivity index (χ2n) is 6.31. The summed E-state index contributed by atoms with van der Waals surface area (Å²) in [6.45, 7) is 2.67. The second-order valence-corrected chi connectivity index (χ2v) is 8.45. The number of aryl methyl sites for hydroxylation is 1. The molecule has 4 aromatic rings. The van der Waals surface area contributed by atoms with Crippen LogP contribution in [0.3, 0.4) is 0 Å². The maximum atomic E-state index is 11.5. The van der Waals surface area contributed by atoms with E-state index in [9.17, 15) is 8.42 Å². The molecule has 0 saturated heterocycles. The Bertz CT molecular complexity index is 1230. The highest BCUT2D eigenvalue weighted by molar-refractivity contribution is 7.89. The highest BCUT2D eigenvalue weighted by Gasteiger charge is 2.20. The Morgan fingerprint density at radius 3 is 2.64 bits per heavy atom. The van der Waals surface area contributed by atoms with Gasteiger partial charge in [-0.15, -0.1) is 10.2 Å². The number of pyridine rings is 1. The standard InChI is InChI=1S/C18H18N6O3S/c1-3-24-17-13(10-20-24)16(21-12-7-5-4-6-8-12)14(9-19-17)18-23-22-15(27-18)11-28(2,25)26/h4-10H,3,11H2,1-2H3,(H,19,21). The van der Waals surface area contributed by atoms with Crippen LogP contribution < -0.4 is 5.32 Å². The normalized spacial score (nSPS) is 11.8. The summed E-state index contributed by atoms with van der Waals surface area (Å²) in [6, 6.07) is 9.64. The average Bonchev–Trinajstić information content (AvgIpc) is 3.28. The first kappa shape index (κ1) is 18.1. The first-order valence-electron chi connectivity index (χ1n) is 8.61. The molecule has 144 valence electrons. The van der Waals surface area contributed by atoms with E-state index in [1.807, 2.05) is 37.3 Å². The number of nitrogens with one attached hydrogen (secondary N) is 1. The molecule has 4 rings (SSSR count). The zero-order valence-electron chi connectivity index (χ0n) is 15.3. The molecule has 0 aliphatic rings. The number of aromatic nitrogens is 5. The van der Waals surface area contributed by atoms with Crippen LogP contribution in [0, 0.1) is 0 Å². The largest absolute Gasteiger partial charge is 0.419 e. The van der Waals surface area contributed by atoms with Gasteiger partial charge in [0.15, 0.2) is 15.5 Å². The summed E-state index contributed by atoms with van der Waals surface area (Å²) in [5.74, 6) is -0.0894. The first-order valence-corrected chi connectivity index (χ1v) is 10.7. The highest BCUT2D eigenvalue weighted by atomic mass is 32.2. The molecule has 28 heavy (non-hydrogen) atoms. The van der Waals surface area contributed by atoms with E-state index in [0.29, 0.717) is 17.8 Å². The second kappa shape index (κ2) is 7.04. The molecule has 10 heteroatoms. The van der Waals surface area contributed by atoms with Crippen LogP contribution in [-0.2, 0) is 22.1 Å². The van der Waals surface area contributed by atoms with Gasteiger partial charge in [0.1, 0.15) is 5.75 Å². The Labute approximate surface area is 161 Å². The van der Waals surface area contributed by atoms with E-state index >= 15 is 0 Å². The van der Waals surface area contributed by atoms with Crippen molar-refractivity contribution in [1.82, 2.24) is 25.0 Å². The number of nitrogens with zero attached hydrogens (tertiary/aromatic N) is 5. The third kappa shape index (κ3) is 3.58. The molecule has 0 saturated carbocycles. The van der Waals surface area contributed by atoms with Crippen LogP contribution in [0.1, 0.15) is 12.8 Å². The number of sulfone groups is 1. The fraction of sp³-hybridized carbons (Fsp3) is 0.222. The number of hydrogen-bond donors (Lipinski definition) is 1. The average molecular weight is 398 g/mol. The third-order valence-corrected chi connectivity index (χ3v) is 4.86. The van der Waals surface area contributed by atoms with Crippen LogP contribution in [0.4, 0.5) is 11.4 Å². The minimum Gasteiger partial charge on any atom is -0.419 e. The summed E-state index contributed by atoms with van der Waals surface area (Å²) >= 11 is 0. The molecule has 0 bridgehead atoms. The van der Waals surface area contributed by atoms with E-state index in [1.54, 1.807) is 17.1 Å². The van der Waals surface area contributed by atoms with Gasteiger partial charge < -0.3 is 9.73 Å². The van der Waals surface area contributed by atoms with E-state index in [2.05, 4.69) is 25.6 Å². The zero-order valence-corrected chi connectivity index (χ0v) is 16.1. The van der Waals surface area contributed by atoms with E-state index in [0.717, 1.165) is 23.0 Å². The molecule has 0 aliphatic carbocycles. The van der Waals surface area contributed by atoms with Crippen molar-refractivity contribution in [3.05, 3.63) is 48.6 Å². The van der Waals surface area contributed by atoms with Gasteiger partial charge in [0.2, 0.25) is 5.89 Å². The highest BCUT2D eigenvalue weighted by Crippen LogP contribution is 2.35. The molecule has 0 atom stereocenters. The minimum absolute atomic E-state index is 0.0347. The maximum Gasteiger partial charge on any atom is 0.251 e. The molecule has 9 nitrogen and oxygen atoms in total. The van der Waals surface area contributed by atoms with Gasteiger partial charge in [0.25, 0.3) is 5.89 Å². The SMILES string of the molecule is CCn1ncc2c(Nc3ccccc3)c(-c3nnc(CS(C)(=O)=O)o3)cnc21. The Morgan fingerprint density at radius 2 is 1.93 bits per heavy atom. The quantitative estimate of drug-likeness (QED) is 0.527. The molecule has 3 heterocycles. The number of anilines is 2. The van der Waals surface area contributed by atoms with Crippen LogP contribution in [0.5, 0.6) is 0 Å². The molecule has 0 spiro atoms. The van der Waals surface area contributed by atoms with E-state index in [4.69, 9.17) is 4.42 Å². The van der Waals surface area contributed by atoms with Crippen molar-refractivity contribution in [2.24, 2.45) is 0 Å². The van der Waals surface area contributed by atoms with Crippen molar-refractivity contribution < 1.29 is 12.8 Å². The van der Waals surface area contributed by atoms with E-state index < -0.39 is 9.84 Å². The molecular formula is C18H18N6O3S. The van der Waals surface area contributed by atoms with Gasteiger partial charge >= 0.3 is 0 Å². The topological polar surface area (TPSA) is 116 Å². The molecule has 0 unspecified atom stereocenters. The van der Waals surface area contributed by atoms with Gasteiger partial charge in [-0.3, -0.25) is 0 Å². The third-order valence-electron chi connectivity index (χ3n) is 4.09. The summed E-state index contributed by atoms with van der Waals surface area (Å²) in [7, 11) is -3.28. The number of para-hydroxylation sites is 1. The van der Waals surface area contributed by atoms with Crippen molar-refractivity contribution in [1.29, 1.82) is 0 Å². The number of hydrogen-bond acceptors (Lipinski definition) is 8. The smallest absolute Gasteiger partial charge is 0.251 e. The molecule has 1 N–H and O–H groups in total. The van der Waals surface area contributed by atoms with Gasteiger partial charge in [-0.05, 0) is 19.1 Å². The van der Waals surface area contributed by atoms with Crippen molar-refractivity contribution in [3.63, 3.8) is 0 Å². The lowest BCUT2D eigenvalue weighted by molar-refractivity contribution is 0.519. The monoisotopic (exact) mass is 398 g/mol. The van der Waals surface area contributed by atoms with Crippen LogP contribution in [0.2, 0.25) is 0 Å². The lowest BCUT2D eigenvalue weighted by Gasteiger charge is -2.11. The van der Waals surface area contributed by atoms with Gasteiger partial charge in [-0.25, -0.2) is 18.1 Å². The lowest BCUT2D eigenvalue weighted by atomic mass is 10.1. The summed E-state index contributed by atoms with van der Waals surface area (Å²) in [5, 5.41) is 16.4. The van der Waals surface area contributed by atoms with Crippen molar-refractivity contribution in [2.75, 3.05) is 11.6 Å². The fourth-order valence-corrected chi connectivity index (χ4v) is 3.43. The molecular weight excluding hydrogens is 380 g/mol. The van der Waals surface area contributed by atoms with E-state index in [-0.39, 0.29) is 17.5 Å². The van der Waals surface area contributed by atoms with Crippen molar-refractivity contribution >= 4 is 32.2 Å². The first-order chi connectivity index (χ1) is 13.4. The number of fused-ring (bicyclic) bond motifs is 1. The van der Waals surface area contributed by atoms with E-state index in [1.165, 1.54) is 0 Å². The zero-order chi connectivity index (χ0) is 19.7. The summed E-state index contributed by atoms with van der Waals surface area (Å²) in [5.41, 5.74) is 2.88. The molecule has 0 fully saturated rings. The Balaban J connectivity index is 1.84. The number of rotatable bonds is 6. The molecule has 3 aromatic heterocycles. The molecule has 0 radical (unpaired) electrons. The fourth-order valence-electron chi connectivity index (χ4n) is 2.87. The van der Waals surface area contributed by atoms with Crippen molar-refractivity contribution in [2.45, 2.75) is 19.2 Å². The number of benzene rings is 1. The van der Waals surface area contributed by atoms with Gasteiger partial charge in [-0.2, -0.15) is 5.10 Å². The Morgan fingerprint density at radius 1 is 1.14 bits per heavy atom. The van der Waals surface area contributed by atoms with Gasteiger partial charge in [0, 0.05) is 24.7 Å². The predicted molar refractivity (Wildman–Crippen MR) is 105 cm³/mol. The van der Waals surface area contributed by atoms with Crippen LogP contribution in [0.15, 0.2) is 47.1 Å². The Hall–Kier alpha value is -3.27. The summed E-state index contributed by atoms with van der Waals surface area (Å²) in [4.78, 5) is 4.49. The lowest BCUT2D eigenvalue weighted by Crippen LogP contribution is -2.00. The molecule has 1 aromatic carbocycles. The summed E-state index contributed by atoms with van der Waals surface area (Å²) in [6.07, 6.45) is 4.47. The van der Waals surface area contributed by atoms with Crippen molar-refractivity contribution in [3.8, 4) is 11.5 Å². The predicted octanol–water partition coefficient (Wildman–Crippen LogP) is 2.79. The van der Waals surface area contributed by atoms with Gasteiger partial charge in [0.05, 0.1) is 22.8 Å². The van der Waals surface area contributed by atoms with Crippen LogP contribution >= 0.6 is 0 Å². The minimum atomic E-state index is -3.28. The summed E-state index contributed by atoms with van der Waals surface area (Å²) < 4.78 is 30.4. The maximum absolute atomic E-state index is 11.5. The molecule has 0 aliphatic heterocycles.